The van der Waals surface area contributed by atoms with E-state index in [4.69, 9.17) is 5.73 Å². The van der Waals surface area contributed by atoms with Gasteiger partial charge in [-0.1, -0.05) is 19.4 Å². The van der Waals surface area contributed by atoms with Gasteiger partial charge in [0.25, 0.3) is 0 Å². The van der Waals surface area contributed by atoms with Crippen LogP contribution in [-0.4, -0.2) is 67.6 Å². The third kappa shape index (κ3) is 6.56. The summed E-state index contributed by atoms with van der Waals surface area (Å²) in [5.74, 6) is 1.40. The number of nitrogens with one attached hydrogen (secondary N) is 2. The Morgan fingerprint density at radius 2 is 2.13 bits per heavy atom. The number of guanidine groups is 1. The zero-order chi connectivity index (χ0) is 22.1. The first-order valence-electron chi connectivity index (χ1n) is 11.8. The predicted octanol–water partition coefficient (Wildman–Crippen LogP) is 1.71. The summed E-state index contributed by atoms with van der Waals surface area (Å²) < 4.78 is 0. The third-order valence-corrected chi connectivity index (χ3v) is 6.57. The number of rotatable bonds is 8. The fourth-order valence-corrected chi connectivity index (χ4v) is 4.79. The van der Waals surface area contributed by atoms with E-state index in [-0.39, 0.29) is 11.8 Å². The fraction of sp³-hybridized carbons (Fsp3) is 0.696. The van der Waals surface area contributed by atoms with Crippen molar-refractivity contribution in [3.63, 3.8) is 0 Å². The molecule has 0 saturated carbocycles. The lowest BCUT2D eigenvalue weighted by atomic mass is 9.97. The van der Waals surface area contributed by atoms with Gasteiger partial charge in [-0.3, -0.25) is 14.7 Å². The minimum absolute atomic E-state index is 0.104. The zero-order valence-corrected chi connectivity index (χ0v) is 19.1. The molecule has 0 bridgehead atoms. The second kappa shape index (κ2) is 11.9. The number of nitrogens with zero attached hydrogens (tertiary/aromatic N) is 4. The molecule has 2 aliphatic heterocycles. The summed E-state index contributed by atoms with van der Waals surface area (Å²) in [7, 11) is 1.80. The van der Waals surface area contributed by atoms with Gasteiger partial charge in [-0.15, -0.1) is 0 Å². The Kier molecular flexibility index (Phi) is 8.94. The molecular formula is C23H39N7O. The molecule has 0 aromatic carbocycles. The SMILES string of the molecule is CCC1CCCCN1CCNC(=NC)NCc1cccnc1N1CCCC(C(N)=O)C1. The molecule has 8 heteroatoms. The average molecular weight is 430 g/mol. The number of carbonyl (C=O) groups is 1. The monoisotopic (exact) mass is 429 g/mol. The highest BCUT2D eigenvalue weighted by atomic mass is 16.1. The first kappa shape index (κ1) is 23.3. The number of hydrogen-bond acceptors (Lipinski definition) is 5. The summed E-state index contributed by atoms with van der Waals surface area (Å²) in [6, 6.07) is 4.75. The molecule has 0 aliphatic carbocycles. The van der Waals surface area contributed by atoms with Gasteiger partial charge in [0.1, 0.15) is 5.82 Å². The molecule has 172 valence electrons. The number of nitrogens with two attached hydrogens (primary N) is 1. The third-order valence-electron chi connectivity index (χ3n) is 6.57. The number of primary amides is 1. The maximum Gasteiger partial charge on any atom is 0.222 e. The van der Waals surface area contributed by atoms with Gasteiger partial charge in [0, 0.05) is 57.6 Å². The normalized spacial score (nSPS) is 22.9. The predicted molar refractivity (Wildman–Crippen MR) is 126 cm³/mol. The van der Waals surface area contributed by atoms with E-state index in [2.05, 4.69) is 43.4 Å². The zero-order valence-electron chi connectivity index (χ0n) is 19.1. The Morgan fingerprint density at radius 1 is 1.26 bits per heavy atom. The molecule has 31 heavy (non-hydrogen) atoms. The molecule has 2 atom stereocenters. The van der Waals surface area contributed by atoms with Crippen molar-refractivity contribution in [3.05, 3.63) is 23.9 Å². The quantitative estimate of drug-likeness (QED) is 0.430. The maximum atomic E-state index is 11.7. The summed E-state index contributed by atoms with van der Waals surface area (Å²) in [6.45, 7) is 7.57. The first-order valence-corrected chi connectivity index (χ1v) is 11.8. The van der Waals surface area contributed by atoms with Gasteiger partial charge < -0.3 is 21.3 Å². The number of pyridine rings is 1. The van der Waals surface area contributed by atoms with Crippen molar-refractivity contribution in [3.8, 4) is 0 Å². The molecule has 1 amide bonds. The number of aromatic nitrogens is 1. The molecule has 3 rings (SSSR count). The molecule has 1 aromatic rings. The number of aliphatic imine (C=N–C) groups is 1. The average Bonchev–Trinajstić information content (AvgIpc) is 2.81. The summed E-state index contributed by atoms with van der Waals surface area (Å²) >= 11 is 0. The molecule has 1 aromatic heterocycles. The Balaban J connectivity index is 1.52. The van der Waals surface area contributed by atoms with Gasteiger partial charge >= 0.3 is 0 Å². The lowest BCUT2D eigenvalue weighted by Gasteiger charge is -2.35. The van der Waals surface area contributed by atoms with E-state index in [0.29, 0.717) is 13.1 Å². The molecule has 8 nitrogen and oxygen atoms in total. The van der Waals surface area contributed by atoms with Crippen LogP contribution in [0.25, 0.3) is 0 Å². The van der Waals surface area contributed by atoms with Crippen molar-refractivity contribution in [2.24, 2.45) is 16.6 Å². The number of carbonyl (C=O) groups excluding carboxylic acids is 1. The lowest BCUT2D eigenvalue weighted by Crippen LogP contribution is -2.46. The number of piperidine rings is 2. The van der Waals surface area contributed by atoms with E-state index >= 15 is 0 Å². The molecule has 2 unspecified atom stereocenters. The van der Waals surface area contributed by atoms with Gasteiger partial charge in [-0.25, -0.2) is 4.98 Å². The molecular weight excluding hydrogens is 390 g/mol. The van der Waals surface area contributed by atoms with Crippen molar-refractivity contribution in [1.82, 2.24) is 20.5 Å². The molecule has 4 N–H and O–H groups in total. The number of anilines is 1. The lowest BCUT2D eigenvalue weighted by molar-refractivity contribution is -0.122. The highest BCUT2D eigenvalue weighted by Crippen LogP contribution is 2.24. The van der Waals surface area contributed by atoms with Gasteiger partial charge in [-0.05, 0) is 44.7 Å². The van der Waals surface area contributed by atoms with E-state index in [1.165, 1.54) is 32.2 Å². The van der Waals surface area contributed by atoms with Crippen LogP contribution in [0.4, 0.5) is 5.82 Å². The van der Waals surface area contributed by atoms with Gasteiger partial charge in [0.15, 0.2) is 5.96 Å². The van der Waals surface area contributed by atoms with Crippen LogP contribution in [0.2, 0.25) is 0 Å². The molecule has 3 heterocycles. The molecule has 2 fully saturated rings. The second-order valence-electron chi connectivity index (χ2n) is 8.62. The number of likely N-dealkylation sites (tertiary alicyclic amines) is 1. The van der Waals surface area contributed by atoms with E-state index in [1.807, 2.05) is 12.3 Å². The van der Waals surface area contributed by atoms with Crippen LogP contribution in [0.3, 0.4) is 0 Å². The van der Waals surface area contributed by atoms with E-state index < -0.39 is 0 Å². The fourth-order valence-electron chi connectivity index (χ4n) is 4.79. The van der Waals surface area contributed by atoms with E-state index in [1.54, 1.807) is 7.05 Å². The highest BCUT2D eigenvalue weighted by molar-refractivity contribution is 5.80. The summed E-state index contributed by atoms with van der Waals surface area (Å²) in [5, 5.41) is 6.88. The minimum Gasteiger partial charge on any atom is -0.369 e. The van der Waals surface area contributed by atoms with Gasteiger partial charge in [0.05, 0.1) is 5.92 Å². The van der Waals surface area contributed by atoms with Crippen LogP contribution in [0.1, 0.15) is 51.0 Å². The van der Waals surface area contributed by atoms with Crippen LogP contribution in [-0.2, 0) is 11.3 Å². The summed E-state index contributed by atoms with van der Waals surface area (Å²) in [6.07, 6.45) is 8.83. The smallest absolute Gasteiger partial charge is 0.222 e. The highest BCUT2D eigenvalue weighted by Gasteiger charge is 2.26. The van der Waals surface area contributed by atoms with Crippen molar-refractivity contribution in [1.29, 1.82) is 0 Å². The van der Waals surface area contributed by atoms with E-state index in [0.717, 1.165) is 55.9 Å². The summed E-state index contributed by atoms with van der Waals surface area (Å²) in [5.41, 5.74) is 6.65. The van der Waals surface area contributed by atoms with Crippen LogP contribution in [0, 0.1) is 5.92 Å². The van der Waals surface area contributed by atoms with Crippen molar-refractivity contribution in [2.75, 3.05) is 44.7 Å². The van der Waals surface area contributed by atoms with Crippen LogP contribution < -0.4 is 21.3 Å². The van der Waals surface area contributed by atoms with Crippen molar-refractivity contribution >= 4 is 17.7 Å². The second-order valence-corrected chi connectivity index (χ2v) is 8.62. The molecule has 2 saturated heterocycles. The molecule has 0 spiro atoms. The Labute approximate surface area is 186 Å². The first-order chi connectivity index (χ1) is 15.1. The maximum absolute atomic E-state index is 11.7. The number of hydrogen-bond donors (Lipinski definition) is 3. The topological polar surface area (TPSA) is 98.9 Å². The largest absolute Gasteiger partial charge is 0.369 e. The summed E-state index contributed by atoms with van der Waals surface area (Å²) in [4.78, 5) is 25.4. The van der Waals surface area contributed by atoms with Crippen LogP contribution >= 0.6 is 0 Å². The standard InChI is InChI=1S/C23H39N7O/c1-3-20-10-4-5-13-29(20)15-12-27-23(25-2)28-16-18-8-6-11-26-22(18)30-14-7-9-19(17-30)21(24)31/h6,8,11,19-20H,3-5,7,9-10,12-17H2,1-2H3,(H2,24,31)(H2,25,27,28). The van der Waals surface area contributed by atoms with Gasteiger partial charge in [-0.2, -0.15) is 0 Å². The van der Waals surface area contributed by atoms with Crippen LogP contribution in [0.5, 0.6) is 0 Å². The molecule has 2 aliphatic rings. The Bertz CT molecular complexity index is 738. The van der Waals surface area contributed by atoms with Crippen molar-refractivity contribution < 1.29 is 4.79 Å². The van der Waals surface area contributed by atoms with Gasteiger partial charge in [0.2, 0.25) is 5.91 Å². The number of amides is 1. The van der Waals surface area contributed by atoms with Crippen molar-refractivity contribution in [2.45, 2.75) is 58.0 Å². The minimum atomic E-state index is -0.219. The van der Waals surface area contributed by atoms with Crippen LogP contribution in [0.15, 0.2) is 23.3 Å². The molecule has 0 radical (unpaired) electrons. The Morgan fingerprint density at radius 3 is 2.90 bits per heavy atom. The van der Waals surface area contributed by atoms with E-state index in [9.17, 15) is 4.79 Å². The Hall–Kier alpha value is -2.35.